The molecule has 0 spiro atoms. The van der Waals surface area contributed by atoms with Crippen LogP contribution >= 0.6 is 12.6 Å². The molecule has 0 aliphatic heterocycles. The monoisotopic (exact) mass is 243 g/mol. The fraction of sp³-hybridized carbons (Fsp3) is 0.100. The molecular formula is C10H6F3N2S. The first kappa shape index (κ1) is 10.9. The second-order valence-corrected chi connectivity index (χ2v) is 3.55. The van der Waals surface area contributed by atoms with Crippen LogP contribution in [0.5, 0.6) is 0 Å². The van der Waals surface area contributed by atoms with Crippen molar-refractivity contribution in [3.8, 4) is 11.3 Å². The molecule has 0 atom stereocenters. The highest BCUT2D eigenvalue weighted by atomic mass is 32.1. The third kappa shape index (κ3) is 2.16. The Hall–Kier alpha value is -1.56. The zero-order valence-corrected chi connectivity index (χ0v) is 8.69. The third-order valence-electron chi connectivity index (χ3n) is 2.06. The Balaban J connectivity index is 2.33. The van der Waals surface area contributed by atoms with Gasteiger partial charge in [0.2, 0.25) is 0 Å². The maximum atomic E-state index is 12.3. The molecule has 0 saturated heterocycles. The van der Waals surface area contributed by atoms with Crippen LogP contribution < -0.4 is 0 Å². The summed E-state index contributed by atoms with van der Waals surface area (Å²) in [4.78, 5) is 6.64. The SMILES string of the molecule is FC(F)(F)c1ccc(-c2c[nH]c([S])n2)cc1. The van der Waals surface area contributed by atoms with E-state index in [1.54, 1.807) is 6.20 Å². The van der Waals surface area contributed by atoms with Crippen molar-refractivity contribution < 1.29 is 13.2 Å². The molecule has 1 heterocycles. The number of hydrogen-bond donors (Lipinski definition) is 1. The maximum absolute atomic E-state index is 12.3. The van der Waals surface area contributed by atoms with E-state index in [4.69, 9.17) is 12.6 Å². The molecule has 0 unspecified atom stereocenters. The molecule has 1 radical (unpaired) electrons. The highest BCUT2D eigenvalue weighted by Gasteiger charge is 2.29. The maximum Gasteiger partial charge on any atom is 0.416 e. The average Bonchev–Trinajstić information content (AvgIpc) is 2.64. The summed E-state index contributed by atoms with van der Waals surface area (Å²) in [5.41, 5.74) is 0.462. The molecule has 6 heteroatoms. The Bertz CT molecular complexity index is 488. The summed E-state index contributed by atoms with van der Waals surface area (Å²) in [7, 11) is 0. The lowest BCUT2D eigenvalue weighted by Crippen LogP contribution is -2.03. The molecule has 0 aliphatic rings. The van der Waals surface area contributed by atoms with Crippen LogP contribution in [0, 0.1) is 0 Å². The van der Waals surface area contributed by atoms with E-state index < -0.39 is 11.7 Å². The van der Waals surface area contributed by atoms with Gasteiger partial charge in [-0.2, -0.15) is 13.2 Å². The van der Waals surface area contributed by atoms with Gasteiger partial charge in [0, 0.05) is 11.8 Å². The summed E-state index contributed by atoms with van der Waals surface area (Å²) >= 11 is 4.77. The minimum Gasteiger partial charge on any atom is -0.335 e. The lowest BCUT2D eigenvalue weighted by Gasteiger charge is -2.06. The van der Waals surface area contributed by atoms with Crippen molar-refractivity contribution in [2.75, 3.05) is 0 Å². The van der Waals surface area contributed by atoms with Crippen molar-refractivity contribution in [1.82, 2.24) is 9.97 Å². The number of aromatic amines is 1. The van der Waals surface area contributed by atoms with Crippen LogP contribution in [0.25, 0.3) is 11.3 Å². The van der Waals surface area contributed by atoms with Gasteiger partial charge in [-0.15, -0.1) is 0 Å². The normalized spacial score (nSPS) is 11.7. The number of imidazole rings is 1. The molecule has 16 heavy (non-hydrogen) atoms. The van der Waals surface area contributed by atoms with Gasteiger partial charge >= 0.3 is 6.18 Å². The molecule has 0 amide bonds. The van der Waals surface area contributed by atoms with Crippen molar-refractivity contribution in [1.29, 1.82) is 0 Å². The van der Waals surface area contributed by atoms with Crippen molar-refractivity contribution in [2.45, 2.75) is 11.3 Å². The minimum absolute atomic E-state index is 0.315. The fourth-order valence-electron chi connectivity index (χ4n) is 1.28. The topological polar surface area (TPSA) is 28.7 Å². The lowest BCUT2D eigenvalue weighted by atomic mass is 10.1. The molecular weight excluding hydrogens is 237 g/mol. The van der Waals surface area contributed by atoms with Gasteiger partial charge in [0.1, 0.15) is 0 Å². The molecule has 0 fully saturated rings. The van der Waals surface area contributed by atoms with Gasteiger partial charge < -0.3 is 4.98 Å². The summed E-state index contributed by atoms with van der Waals surface area (Å²) in [5.74, 6) is 0. The number of H-pyrrole nitrogens is 1. The predicted octanol–water partition coefficient (Wildman–Crippen LogP) is 3.65. The molecule has 2 nitrogen and oxygen atoms in total. The molecule has 0 aliphatic carbocycles. The number of aromatic nitrogens is 2. The van der Waals surface area contributed by atoms with E-state index >= 15 is 0 Å². The van der Waals surface area contributed by atoms with Gasteiger partial charge in [0.15, 0.2) is 5.16 Å². The summed E-state index contributed by atoms with van der Waals surface area (Å²) in [5, 5.41) is 0.315. The van der Waals surface area contributed by atoms with Crippen LogP contribution in [0.1, 0.15) is 5.56 Å². The van der Waals surface area contributed by atoms with Gasteiger partial charge in [0.05, 0.1) is 11.3 Å². The molecule has 2 aromatic rings. The second-order valence-electron chi connectivity index (χ2n) is 3.17. The van der Waals surface area contributed by atoms with Crippen molar-refractivity contribution in [3.63, 3.8) is 0 Å². The van der Waals surface area contributed by atoms with Gasteiger partial charge in [-0.25, -0.2) is 4.98 Å². The highest BCUT2D eigenvalue weighted by Crippen LogP contribution is 2.30. The van der Waals surface area contributed by atoms with Gasteiger partial charge in [-0.3, -0.25) is 0 Å². The van der Waals surface area contributed by atoms with Crippen LogP contribution in [0.2, 0.25) is 0 Å². The van der Waals surface area contributed by atoms with Crippen LogP contribution in [0.15, 0.2) is 35.6 Å². The van der Waals surface area contributed by atoms with E-state index in [1.165, 1.54) is 12.1 Å². The van der Waals surface area contributed by atoms with E-state index in [-0.39, 0.29) is 0 Å². The Morgan fingerprint density at radius 3 is 2.19 bits per heavy atom. The Labute approximate surface area is 94.9 Å². The summed E-state index contributed by atoms with van der Waals surface area (Å²) in [6.45, 7) is 0. The van der Waals surface area contributed by atoms with Gasteiger partial charge in [0.25, 0.3) is 0 Å². The first-order valence-corrected chi connectivity index (χ1v) is 4.78. The molecule has 83 valence electrons. The first-order chi connectivity index (χ1) is 7.47. The van der Waals surface area contributed by atoms with Crippen molar-refractivity contribution in [3.05, 3.63) is 36.0 Å². The van der Waals surface area contributed by atoms with E-state index in [0.717, 1.165) is 12.1 Å². The molecule has 0 bridgehead atoms. The van der Waals surface area contributed by atoms with Crippen LogP contribution in [0.3, 0.4) is 0 Å². The summed E-state index contributed by atoms with van der Waals surface area (Å²) in [6, 6.07) is 4.78. The lowest BCUT2D eigenvalue weighted by molar-refractivity contribution is -0.137. The standard InChI is InChI=1S/C10H6F3N2S/c11-10(12,13)7-3-1-6(2-4-7)8-5-14-9(16)15-8/h1-5H,(H,14,15). The van der Waals surface area contributed by atoms with Crippen LogP contribution in [-0.4, -0.2) is 9.97 Å². The number of nitrogens with one attached hydrogen (secondary N) is 1. The average molecular weight is 243 g/mol. The predicted molar refractivity (Wildman–Crippen MR) is 54.9 cm³/mol. The zero-order valence-electron chi connectivity index (χ0n) is 7.88. The molecule has 2 rings (SSSR count). The largest absolute Gasteiger partial charge is 0.416 e. The number of nitrogens with zero attached hydrogens (tertiary/aromatic N) is 1. The number of alkyl halides is 3. The first-order valence-electron chi connectivity index (χ1n) is 4.37. The number of hydrogen-bond acceptors (Lipinski definition) is 1. The van der Waals surface area contributed by atoms with Crippen molar-refractivity contribution >= 4 is 12.6 Å². The third-order valence-corrected chi connectivity index (χ3v) is 2.27. The highest BCUT2D eigenvalue weighted by molar-refractivity contribution is 7.80. The van der Waals surface area contributed by atoms with Crippen LogP contribution in [0.4, 0.5) is 13.2 Å². The quantitative estimate of drug-likeness (QED) is 0.813. The van der Waals surface area contributed by atoms with Crippen LogP contribution in [-0.2, 0) is 6.18 Å². The zero-order chi connectivity index (χ0) is 11.8. The number of halogens is 3. The molecule has 0 saturated carbocycles. The van der Waals surface area contributed by atoms with Gasteiger partial charge in [-0.1, -0.05) is 12.1 Å². The molecule has 1 aromatic heterocycles. The van der Waals surface area contributed by atoms with E-state index in [2.05, 4.69) is 9.97 Å². The fourth-order valence-corrected chi connectivity index (χ4v) is 1.44. The Morgan fingerprint density at radius 1 is 1.12 bits per heavy atom. The van der Waals surface area contributed by atoms with E-state index in [0.29, 0.717) is 16.4 Å². The second kappa shape index (κ2) is 3.79. The number of rotatable bonds is 1. The number of benzene rings is 1. The Kier molecular flexibility index (Phi) is 2.59. The van der Waals surface area contributed by atoms with Gasteiger partial charge in [-0.05, 0) is 24.8 Å². The molecule has 1 aromatic carbocycles. The van der Waals surface area contributed by atoms with E-state index in [9.17, 15) is 13.2 Å². The Morgan fingerprint density at radius 2 is 1.75 bits per heavy atom. The smallest absolute Gasteiger partial charge is 0.335 e. The summed E-state index contributed by atoms with van der Waals surface area (Å²) in [6.07, 6.45) is -2.75. The van der Waals surface area contributed by atoms with E-state index in [1.807, 2.05) is 0 Å². The summed E-state index contributed by atoms with van der Waals surface area (Å²) < 4.78 is 36.9. The van der Waals surface area contributed by atoms with Crippen molar-refractivity contribution in [2.24, 2.45) is 0 Å². The molecule has 1 N–H and O–H groups in total. The minimum atomic E-state index is -4.31.